The zero-order valence-electron chi connectivity index (χ0n) is 6.12. The zero-order chi connectivity index (χ0) is 6.74. The monoisotopic (exact) mass is 238 g/mol. The molecule has 1 aliphatic rings. The molecular weight excluding hydrogens is 223 g/mol. The van der Waals surface area contributed by atoms with Crippen LogP contribution >= 0.6 is 22.6 Å². The summed E-state index contributed by atoms with van der Waals surface area (Å²) >= 11 is 2.52. The molecule has 1 rings (SSSR count). The molecule has 0 aliphatic heterocycles. The van der Waals surface area contributed by atoms with Crippen LogP contribution in [-0.4, -0.2) is 4.43 Å². The van der Waals surface area contributed by atoms with Crippen LogP contribution in [0.2, 0.25) is 0 Å². The van der Waals surface area contributed by atoms with Crippen LogP contribution in [0.5, 0.6) is 0 Å². The number of rotatable bonds is 1. The second-order valence-corrected chi connectivity index (χ2v) is 4.27. The summed E-state index contributed by atoms with van der Waals surface area (Å²) in [4.78, 5) is 0. The van der Waals surface area contributed by atoms with Crippen molar-refractivity contribution in [1.82, 2.24) is 0 Å². The van der Waals surface area contributed by atoms with Crippen LogP contribution in [0, 0.1) is 5.41 Å². The van der Waals surface area contributed by atoms with Crippen LogP contribution in [0.25, 0.3) is 0 Å². The summed E-state index contributed by atoms with van der Waals surface area (Å²) in [7, 11) is 0. The Morgan fingerprint density at radius 3 is 2.11 bits per heavy atom. The molecule has 0 saturated heterocycles. The second kappa shape index (κ2) is 3.22. The SMILES string of the molecule is CC1(CI)CCCCC1. The van der Waals surface area contributed by atoms with E-state index < -0.39 is 0 Å². The average Bonchev–Trinajstić information content (AvgIpc) is 1.90. The lowest BCUT2D eigenvalue weighted by atomic mass is 9.78. The van der Waals surface area contributed by atoms with E-state index in [4.69, 9.17) is 0 Å². The fourth-order valence-electron chi connectivity index (χ4n) is 1.54. The van der Waals surface area contributed by atoms with Gasteiger partial charge in [0.05, 0.1) is 0 Å². The van der Waals surface area contributed by atoms with Crippen molar-refractivity contribution in [3.8, 4) is 0 Å². The molecule has 1 heteroatoms. The third kappa shape index (κ3) is 2.10. The fourth-order valence-corrected chi connectivity index (χ4v) is 2.30. The summed E-state index contributed by atoms with van der Waals surface area (Å²) in [6, 6.07) is 0. The summed E-state index contributed by atoms with van der Waals surface area (Å²) < 4.78 is 1.35. The van der Waals surface area contributed by atoms with E-state index in [0.717, 1.165) is 0 Å². The zero-order valence-corrected chi connectivity index (χ0v) is 8.28. The third-order valence-corrected chi connectivity index (χ3v) is 4.22. The molecule has 0 bridgehead atoms. The molecule has 0 nitrogen and oxygen atoms in total. The maximum Gasteiger partial charge on any atom is 0.00493 e. The summed E-state index contributed by atoms with van der Waals surface area (Å²) in [5.41, 5.74) is 0.707. The first-order valence-electron chi connectivity index (χ1n) is 3.83. The van der Waals surface area contributed by atoms with Crippen LogP contribution in [-0.2, 0) is 0 Å². The fraction of sp³-hybridized carbons (Fsp3) is 1.00. The molecule has 1 aliphatic carbocycles. The van der Waals surface area contributed by atoms with Gasteiger partial charge in [0.15, 0.2) is 0 Å². The first-order valence-corrected chi connectivity index (χ1v) is 5.35. The standard InChI is InChI=1S/C8H15I/c1-8(7-9)5-3-2-4-6-8/h2-7H2,1H3. The third-order valence-electron chi connectivity index (χ3n) is 2.38. The molecular formula is C8H15I. The quantitative estimate of drug-likeness (QED) is 0.485. The highest BCUT2D eigenvalue weighted by atomic mass is 127. The Morgan fingerprint density at radius 2 is 1.78 bits per heavy atom. The van der Waals surface area contributed by atoms with Gasteiger partial charge in [-0.3, -0.25) is 0 Å². The maximum absolute atomic E-state index is 2.52. The molecule has 0 unspecified atom stereocenters. The van der Waals surface area contributed by atoms with Gasteiger partial charge in [-0.2, -0.15) is 0 Å². The normalized spacial score (nSPS) is 26.0. The Hall–Kier alpha value is 0.730. The molecule has 54 valence electrons. The van der Waals surface area contributed by atoms with E-state index in [1.165, 1.54) is 36.5 Å². The number of hydrogen-bond donors (Lipinski definition) is 0. The van der Waals surface area contributed by atoms with Gasteiger partial charge in [0, 0.05) is 4.43 Å². The summed E-state index contributed by atoms with van der Waals surface area (Å²) in [6.45, 7) is 2.43. The van der Waals surface area contributed by atoms with Crippen LogP contribution in [0.3, 0.4) is 0 Å². The van der Waals surface area contributed by atoms with E-state index >= 15 is 0 Å². The highest BCUT2D eigenvalue weighted by molar-refractivity contribution is 14.1. The molecule has 0 spiro atoms. The van der Waals surface area contributed by atoms with Crippen molar-refractivity contribution in [3.05, 3.63) is 0 Å². The van der Waals surface area contributed by atoms with E-state index in [1.807, 2.05) is 0 Å². The lowest BCUT2D eigenvalue weighted by Gasteiger charge is -2.31. The number of alkyl halides is 1. The van der Waals surface area contributed by atoms with Crippen LogP contribution in [0.1, 0.15) is 39.0 Å². The Bertz CT molecular complexity index is 82.6. The van der Waals surface area contributed by atoms with Gasteiger partial charge in [0.1, 0.15) is 0 Å². The Labute approximate surface area is 71.5 Å². The van der Waals surface area contributed by atoms with Gasteiger partial charge in [0.25, 0.3) is 0 Å². The van der Waals surface area contributed by atoms with Crippen LogP contribution in [0.15, 0.2) is 0 Å². The highest BCUT2D eigenvalue weighted by Gasteiger charge is 2.24. The van der Waals surface area contributed by atoms with Crippen molar-refractivity contribution < 1.29 is 0 Å². The lowest BCUT2D eigenvalue weighted by molar-refractivity contribution is 0.256. The maximum atomic E-state index is 2.52. The lowest BCUT2D eigenvalue weighted by Crippen LogP contribution is -2.21. The summed E-state index contributed by atoms with van der Waals surface area (Å²) in [5, 5.41) is 0. The summed E-state index contributed by atoms with van der Waals surface area (Å²) in [6.07, 6.45) is 7.36. The van der Waals surface area contributed by atoms with E-state index in [9.17, 15) is 0 Å². The average molecular weight is 238 g/mol. The van der Waals surface area contributed by atoms with E-state index in [1.54, 1.807) is 0 Å². The predicted molar refractivity (Wildman–Crippen MR) is 50.1 cm³/mol. The van der Waals surface area contributed by atoms with Crippen molar-refractivity contribution in [1.29, 1.82) is 0 Å². The molecule has 0 atom stereocenters. The molecule has 0 aromatic rings. The minimum atomic E-state index is 0.707. The molecule has 0 radical (unpaired) electrons. The van der Waals surface area contributed by atoms with E-state index in [-0.39, 0.29) is 0 Å². The van der Waals surface area contributed by atoms with Gasteiger partial charge < -0.3 is 0 Å². The smallest absolute Gasteiger partial charge is 0.00493 e. The number of hydrogen-bond acceptors (Lipinski definition) is 0. The van der Waals surface area contributed by atoms with Gasteiger partial charge in [-0.25, -0.2) is 0 Å². The molecule has 0 heterocycles. The molecule has 0 aromatic carbocycles. The Balaban J connectivity index is 2.37. The first-order chi connectivity index (χ1) is 4.27. The van der Waals surface area contributed by atoms with E-state index in [0.29, 0.717) is 5.41 Å². The van der Waals surface area contributed by atoms with Crippen molar-refractivity contribution in [2.45, 2.75) is 39.0 Å². The Kier molecular flexibility index (Phi) is 2.80. The van der Waals surface area contributed by atoms with Gasteiger partial charge in [-0.1, -0.05) is 48.8 Å². The molecule has 9 heavy (non-hydrogen) atoms. The van der Waals surface area contributed by atoms with Gasteiger partial charge >= 0.3 is 0 Å². The molecule has 1 saturated carbocycles. The van der Waals surface area contributed by atoms with E-state index in [2.05, 4.69) is 29.5 Å². The minimum Gasteiger partial charge on any atom is -0.0858 e. The summed E-state index contributed by atoms with van der Waals surface area (Å²) in [5.74, 6) is 0. The molecule has 0 amide bonds. The van der Waals surface area contributed by atoms with Gasteiger partial charge in [-0.05, 0) is 18.3 Å². The van der Waals surface area contributed by atoms with Gasteiger partial charge in [-0.15, -0.1) is 0 Å². The molecule has 0 N–H and O–H groups in total. The largest absolute Gasteiger partial charge is 0.0858 e. The number of halogens is 1. The predicted octanol–water partition coefficient (Wildman–Crippen LogP) is 3.39. The minimum absolute atomic E-state index is 0.707. The topological polar surface area (TPSA) is 0 Å². The van der Waals surface area contributed by atoms with Crippen molar-refractivity contribution in [2.24, 2.45) is 5.41 Å². The van der Waals surface area contributed by atoms with Crippen LogP contribution < -0.4 is 0 Å². The first kappa shape index (κ1) is 7.83. The van der Waals surface area contributed by atoms with Gasteiger partial charge in [0.2, 0.25) is 0 Å². The Morgan fingerprint density at radius 1 is 1.22 bits per heavy atom. The van der Waals surface area contributed by atoms with Crippen molar-refractivity contribution in [3.63, 3.8) is 0 Å². The van der Waals surface area contributed by atoms with Crippen molar-refractivity contribution in [2.75, 3.05) is 4.43 Å². The van der Waals surface area contributed by atoms with Crippen molar-refractivity contribution >= 4 is 22.6 Å². The molecule has 1 fully saturated rings. The molecule has 0 aromatic heterocycles. The highest BCUT2D eigenvalue weighted by Crippen LogP contribution is 2.36. The second-order valence-electron chi connectivity index (χ2n) is 3.50. The van der Waals surface area contributed by atoms with Crippen LogP contribution in [0.4, 0.5) is 0 Å².